The van der Waals surface area contributed by atoms with Crippen LogP contribution in [0.5, 0.6) is 11.5 Å². The third-order valence-electron chi connectivity index (χ3n) is 4.33. The molecule has 0 bridgehead atoms. The van der Waals surface area contributed by atoms with Crippen molar-refractivity contribution in [3.05, 3.63) is 23.8 Å². The van der Waals surface area contributed by atoms with Crippen molar-refractivity contribution in [1.82, 2.24) is 5.32 Å². The molecular formula is C17H25N3O2. The van der Waals surface area contributed by atoms with Gasteiger partial charge in [-0.15, -0.1) is 0 Å². The van der Waals surface area contributed by atoms with E-state index < -0.39 is 0 Å². The van der Waals surface area contributed by atoms with E-state index in [1.165, 1.54) is 44.1 Å². The van der Waals surface area contributed by atoms with Gasteiger partial charge in [0.1, 0.15) is 0 Å². The lowest BCUT2D eigenvalue weighted by Gasteiger charge is -2.16. The van der Waals surface area contributed by atoms with E-state index in [1.807, 2.05) is 12.1 Å². The van der Waals surface area contributed by atoms with Gasteiger partial charge in [-0.2, -0.15) is 0 Å². The van der Waals surface area contributed by atoms with Gasteiger partial charge in [0.2, 0.25) is 6.79 Å². The van der Waals surface area contributed by atoms with Crippen LogP contribution in [0.3, 0.4) is 0 Å². The predicted molar refractivity (Wildman–Crippen MR) is 87.4 cm³/mol. The maximum Gasteiger partial charge on any atom is 0.231 e. The summed E-state index contributed by atoms with van der Waals surface area (Å²) in [6.45, 7) is 1.00. The largest absolute Gasteiger partial charge is 0.454 e. The molecule has 3 rings (SSSR count). The third-order valence-corrected chi connectivity index (χ3v) is 4.33. The second kappa shape index (κ2) is 7.38. The SMILES string of the molecule is NC(=NCCc1ccc2c(c1)OCO2)NC1CCCCCC1. The Morgan fingerprint density at radius 1 is 1.14 bits per heavy atom. The van der Waals surface area contributed by atoms with Crippen molar-refractivity contribution in [2.75, 3.05) is 13.3 Å². The molecular weight excluding hydrogens is 278 g/mol. The van der Waals surface area contributed by atoms with Crippen molar-refractivity contribution < 1.29 is 9.47 Å². The topological polar surface area (TPSA) is 68.9 Å². The molecule has 1 aliphatic heterocycles. The van der Waals surface area contributed by atoms with E-state index in [0.717, 1.165) is 17.9 Å². The van der Waals surface area contributed by atoms with Crippen LogP contribution in [0.1, 0.15) is 44.1 Å². The number of hydrogen-bond acceptors (Lipinski definition) is 3. The van der Waals surface area contributed by atoms with Gasteiger partial charge in [0.15, 0.2) is 17.5 Å². The number of ether oxygens (including phenoxy) is 2. The van der Waals surface area contributed by atoms with Gasteiger partial charge in [0.05, 0.1) is 0 Å². The highest BCUT2D eigenvalue weighted by Gasteiger charge is 2.13. The fraction of sp³-hybridized carbons (Fsp3) is 0.588. The standard InChI is InChI=1S/C17H25N3O2/c18-17(20-14-5-3-1-2-4-6-14)19-10-9-13-7-8-15-16(11-13)22-12-21-15/h7-8,11,14H,1-6,9-10,12H2,(H3,18,19,20). The average Bonchev–Trinajstić information content (AvgIpc) is 2.83. The van der Waals surface area contributed by atoms with Gasteiger partial charge in [0, 0.05) is 12.6 Å². The molecule has 0 saturated heterocycles. The van der Waals surface area contributed by atoms with Crippen LogP contribution in [0.4, 0.5) is 0 Å². The number of fused-ring (bicyclic) bond motifs is 1. The molecule has 1 aromatic rings. The summed E-state index contributed by atoms with van der Waals surface area (Å²) in [6.07, 6.45) is 8.55. The number of nitrogens with one attached hydrogen (secondary N) is 1. The zero-order chi connectivity index (χ0) is 15.2. The molecule has 1 aromatic carbocycles. The quantitative estimate of drug-likeness (QED) is 0.509. The minimum atomic E-state index is 0.315. The molecule has 0 spiro atoms. The highest BCUT2D eigenvalue weighted by molar-refractivity contribution is 5.78. The Labute approximate surface area is 131 Å². The number of benzene rings is 1. The number of guanidine groups is 1. The van der Waals surface area contributed by atoms with Crippen LogP contribution in [-0.2, 0) is 6.42 Å². The molecule has 22 heavy (non-hydrogen) atoms. The number of hydrogen-bond donors (Lipinski definition) is 2. The molecule has 0 unspecified atom stereocenters. The lowest BCUT2D eigenvalue weighted by molar-refractivity contribution is 0.174. The number of nitrogens with two attached hydrogens (primary N) is 1. The fourth-order valence-corrected chi connectivity index (χ4v) is 3.08. The minimum Gasteiger partial charge on any atom is -0.454 e. The molecule has 0 aromatic heterocycles. The van der Waals surface area contributed by atoms with Crippen LogP contribution in [0.15, 0.2) is 23.2 Å². The molecule has 5 heteroatoms. The number of nitrogens with zero attached hydrogens (tertiary/aromatic N) is 1. The minimum absolute atomic E-state index is 0.315. The Morgan fingerprint density at radius 3 is 2.73 bits per heavy atom. The summed E-state index contributed by atoms with van der Waals surface area (Å²) in [4.78, 5) is 4.45. The summed E-state index contributed by atoms with van der Waals surface area (Å²) in [5, 5.41) is 3.37. The molecule has 2 aliphatic rings. The first-order valence-electron chi connectivity index (χ1n) is 8.26. The van der Waals surface area contributed by atoms with E-state index in [0.29, 0.717) is 25.3 Å². The van der Waals surface area contributed by atoms with E-state index >= 15 is 0 Å². The Hall–Kier alpha value is -1.91. The second-order valence-corrected chi connectivity index (χ2v) is 6.04. The molecule has 0 radical (unpaired) electrons. The molecule has 3 N–H and O–H groups in total. The molecule has 1 saturated carbocycles. The van der Waals surface area contributed by atoms with Crippen LogP contribution in [0.25, 0.3) is 0 Å². The van der Waals surface area contributed by atoms with Crippen molar-refractivity contribution in [3.63, 3.8) is 0 Å². The Bertz CT molecular complexity index is 523. The Balaban J connectivity index is 1.46. The highest BCUT2D eigenvalue weighted by Crippen LogP contribution is 2.32. The highest BCUT2D eigenvalue weighted by atomic mass is 16.7. The van der Waals surface area contributed by atoms with E-state index in [-0.39, 0.29) is 0 Å². The maximum absolute atomic E-state index is 6.00. The van der Waals surface area contributed by atoms with Crippen molar-refractivity contribution in [2.24, 2.45) is 10.7 Å². The van der Waals surface area contributed by atoms with Gasteiger partial charge in [-0.3, -0.25) is 4.99 Å². The summed E-state index contributed by atoms with van der Waals surface area (Å²) in [7, 11) is 0. The Morgan fingerprint density at radius 2 is 1.91 bits per heavy atom. The van der Waals surface area contributed by atoms with Crippen LogP contribution < -0.4 is 20.5 Å². The average molecular weight is 303 g/mol. The summed E-state index contributed by atoms with van der Waals surface area (Å²) < 4.78 is 10.7. The van der Waals surface area contributed by atoms with Gasteiger partial charge in [0.25, 0.3) is 0 Å². The van der Waals surface area contributed by atoms with Gasteiger partial charge >= 0.3 is 0 Å². The van der Waals surface area contributed by atoms with Crippen molar-refractivity contribution in [3.8, 4) is 11.5 Å². The zero-order valence-corrected chi connectivity index (χ0v) is 13.0. The monoisotopic (exact) mass is 303 g/mol. The molecule has 1 heterocycles. The van der Waals surface area contributed by atoms with E-state index in [2.05, 4.69) is 16.4 Å². The smallest absolute Gasteiger partial charge is 0.231 e. The Kier molecular flexibility index (Phi) is 5.03. The van der Waals surface area contributed by atoms with E-state index in [9.17, 15) is 0 Å². The van der Waals surface area contributed by atoms with E-state index in [1.54, 1.807) is 0 Å². The first kappa shape index (κ1) is 15.0. The normalized spacial score (nSPS) is 19.0. The van der Waals surface area contributed by atoms with Gasteiger partial charge < -0.3 is 20.5 Å². The second-order valence-electron chi connectivity index (χ2n) is 6.04. The molecule has 0 atom stereocenters. The molecule has 120 valence electrons. The lowest BCUT2D eigenvalue weighted by Crippen LogP contribution is -2.40. The van der Waals surface area contributed by atoms with Crippen LogP contribution in [0.2, 0.25) is 0 Å². The van der Waals surface area contributed by atoms with Crippen LogP contribution >= 0.6 is 0 Å². The van der Waals surface area contributed by atoms with Crippen LogP contribution in [-0.4, -0.2) is 25.3 Å². The molecule has 1 aliphatic carbocycles. The van der Waals surface area contributed by atoms with Crippen molar-refractivity contribution in [1.29, 1.82) is 0 Å². The van der Waals surface area contributed by atoms with Gasteiger partial charge in [-0.25, -0.2) is 0 Å². The lowest BCUT2D eigenvalue weighted by atomic mass is 10.1. The zero-order valence-electron chi connectivity index (χ0n) is 13.0. The summed E-state index contributed by atoms with van der Waals surface area (Å²) in [6, 6.07) is 6.52. The van der Waals surface area contributed by atoms with Crippen molar-refractivity contribution >= 4 is 5.96 Å². The van der Waals surface area contributed by atoms with Gasteiger partial charge in [-0.05, 0) is 37.0 Å². The first-order chi connectivity index (χ1) is 10.8. The number of rotatable bonds is 4. The van der Waals surface area contributed by atoms with Gasteiger partial charge in [-0.1, -0.05) is 31.7 Å². The van der Waals surface area contributed by atoms with E-state index in [4.69, 9.17) is 15.2 Å². The fourth-order valence-electron chi connectivity index (χ4n) is 3.08. The molecule has 0 amide bonds. The van der Waals surface area contributed by atoms with Crippen LogP contribution in [0, 0.1) is 0 Å². The first-order valence-corrected chi connectivity index (χ1v) is 8.26. The third kappa shape index (κ3) is 4.06. The molecule has 1 fully saturated rings. The predicted octanol–water partition coefficient (Wildman–Crippen LogP) is 2.58. The summed E-state index contributed by atoms with van der Waals surface area (Å²) in [5.41, 5.74) is 7.19. The summed E-state index contributed by atoms with van der Waals surface area (Å²) >= 11 is 0. The number of aliphatic imine (C=N–C) groups is 1. The van der Waals surface area contributed by atoms with Crippen molar-refractivity contribution in [2.45, 2.75) is 51.0 Å². The maximum atomic E-state index is 6.00. The molecule has 5 nitrogen and oxygen atoms in total. The summed E-state index contributed by atoms with van der Waals surface area (Å²) in [5.74, 6) is 2.22.